The van der Waals surface area contributed by atoms with E-state index in [2.05, 4.69) is 0 Å². The predicted octanol–water partition coefficient (Wildman–Crippen LogP) is -0.581. The Hall–Kier alpha value is -0.170. The second kappa shape index (κ2) is 5.06. The quantitative estimate of drug-likeness (QED) is 0.633. The molecule has 0 aromatic rings. The van der Waals surface area contributed by atoms with Gasteiger partial charge in [0.05, 0.1) is 18.5 Å². The lowest BCUT2D eigenvalue weighted by Gasteiger charge is -2.15. The highest BCUT2D eigenvalue weighted by molar-refractivity contribution is 7.89. The lowest BCUT2D eigenvalue weighted by Crippen LogP contribution is -2.33. The fraction of sp³-hybridized carbons (Fsp3) is 1.00. The Labute approximate surface area is 84.7 Å². The van der Waals surface area contributed by atoms with Gasteiger partial charge in [0, 0.05) is 19.7 Å². The molecule has 1 rings (SSSR count). The summed E-state index contributed by atoms with van der Waals surface area (Å²) in [6, 6.07) is 0. The molecule has 0 unspecified atom stereocenters. The zero-order valence-electron chi connectivity index (χ0n) is 8.35. The van der Waals surface area contributed by atoms with Gasteiger partial charge in [-0.05, 0) is 13.3 Å². The molecule has 0 bridgehead atoms. The van der Waals surface area contributed by atoms with Gasteiger partial charge in [0.15, 0.2) is 0 Å². The van der Waals surface area contributed by atoms with Crippen LogP contribution in [0.15, 0.2) is 0 Å². The molecule has 5 nitrogen and oxygen atoms in total. The molecule has 1 fully saturated rings. The Kier molecular flexibility index (Phi) is 4.31. The molecule has 84 valence electrons. The van der Waals surface area contributed by atoms with E-state index < -0.39 is 16.1 Å². The number of rotatable bonds is 5. The molecule has 0 aromatic carbocycles. The Morgan fingerprint density at radius 1 is 1.57 bits per heavy atom. The van der Waals surface area contributed by atoms with E-state index in [4.69, 9.17) is 4.74 Å². The Bertz CT molecular complexity index is 265. The largest absolute Gasteiger partial charge is 0.392 e. The normalized spacial score (nSPS) is 24.3. The molecule has 1 heterocycles. The summed E-state index contributed by atoms with van der Waals surface area (Å²) >= 11 is 0. The van der Waals surface area contributed by atoms with Crippen molar-refractivity contribution in [1.82, 2.24) is 4.31 Å². The topological polar surface area (TPSA) is 66.8 Å². The smallest absolute Gasteiger partial charge is 0.216 e. The second-order valence-electron chi connectivity index (χ2n) is 3.31. The molecule has 0 aromatic heterocycles. The summed E-state index contributed by atoms with van der Waals surface area (Å²) in [4.78, 5) is 0. The van der Waals surface area contributed by atoms with Crippen molar-refractivity contribution in [3.63, 3.8) is 0 Å². The number of aliphatic hydroxyl groups excluding tert-OH is 1. The van der Waals surface area contributed by atoms with Crippen LogP contribution >= 0.6 is 0 Å². The van der Waals surface area contributed by atoms with Gasteiger partial charge in [-0.15, -0.1) is 0 Å². The van der Waals surface area contributed by atoms with E-state index in [1.807, 2.05) is 6.92 Å². The lowest BCUT2D eigenvalue weighted by molar-refractivity contribution is 0.162. The molecular weight excluding hydrogens is 206 g/mol. The fourth-order valence-corrected chi connectivity index (χ4v) is 2.77. The number of β-amino-alcohol motifs (C(OH)–C–C–N with tert-alkyl or cyclic N) is 1. The molecule has 0 radical (unpaired) electrons. The highest BCUT2D eigenvalue weighted by Crippen LogP contribution is 2.13. The molecule has 1 atom stereocenters. The van der Waals surface area contributed by atoms with Gasteiger partial charge in [-0.2, -0.15) is 4.31 Å². The van der Waals surface area contributed by atoms with E-state index >= 15 is 0 Å². The molecule has 1 saturated heterocycles. The maximum absolute atomic E-state index is 11.6. The molecule has 0 saturated carbocycles. The highest BCUT2D eigenvalue weighted by Gasteiger charge is 2.29. The minimum atomic E-state index is -3.22. The number of hydrogen-bond donors (Lipinski definition) is 1. The number of sulfonamides is 1. The van der Waals surface area contributed by atoms with Gasteiger partial charge < -0.3 is 9.84 Å². The summed E-state index contributed by atoms with van der Waals surface area (Å²) in [6.07, 6.45) is 0.0327. The van der Waals surface area contributed by atoms with Crippen LogP contribution in [-0.4, -0.2) is 56.0 Å². The van der Waals surface area contributed by atoms with Crippen LogP contribution in [0.5, 0.6) is 0 Å². The van der Waals surface area contributed by atoms with E-state index in [0.29, 0.717) is 19.6 Å². The first-order valence-corrected chi connectivity index (χ1v) is 6.41. The Morgan fingerprint density at radius 3 is 2.79 bits per heavy atom. The van der Waals surface area contributed by atoms with Crippen LogP contribution in [0.1, 0.15) is 13.3 Å². The van der Waals surface area contributed by atoms with Crippen molar-refractivity contribution in [2.45, 2.75) is 19.4 Å². The molecule has 0 aliphatic carbocycles. The first-order valence-electron chi connectivity index (χ1n) is 4.80. The Balaban J connectivity index is 2.41. The Morgan fingerprint density at radius 2 is 2.29 bits per heavy atom. The molecule has 14 heavy (non-hydrogen) atoms. The van der Waals surface area contributed by atoms with Crippen molar-refractivity contribution in [1.29, 1.82) is 0 Å². The van der Waals surface area contributed by atoms with Crippen LogP contribution in [0, 0.1) is 0 Å². The molecule has 1 N–H and O–H groups in total. The van der Waals surface area contributed by atoms with E-state index in [1.165, 1.54) is 4.31 Å². The van der Waals surface area contributed by atoms with E-state index in [1.54, 1.807) is 0 Å². The van der Waals surface area contributed by atoms with Gasteiger partial charge in [0.1, 0.15) is 0 Å². The van der Waals surface area contributed by atoms with Crippen LogP contribution < -0.4 is 0 Å². The first kappa shape index (κ1) is 11.9. The van der Waals surface area contributed by atoms with Crippen molar-refractivity contribution in [2.75, 3.05) is 32.1 Å². The number of hydrogen-bond acceptors (Lipinski definition) is 4. The van der Waals surface area contributed by atoms with Crippen molar-refractivity contribution in [2.24, 2.45) is 0 Å². The van der Waals surface area contributed by atoms with Crippen molar-refractivity contribution in [3.05, 3.63) is 0 Å². The van der Waals surface area contributed by atoms with Crippen LogP contribution in [0.3, 0.4) is 0 Å². The SMILES string of the molecule is CCOCCS(=O)(=O)N1CC[C@@H](O)C1. The van der Waals surface area contributed by atoms with E-state index in [0.717, 1.165) is 0 Å². The fourth-order valence-electron chi connectivity index (χ4n) is 1.40. The molecule has 0 amide bonds. The van der Waals surface area contributed by atoms with Crippen molar-refractivity contribution >= 4 is 10.0 Å². The van der Waals surface area contributed by atoms with Crippen molar-refractivity contribution < 1.29 is 18.3 Å². The summed E-state index contributed by atoms with van der Waals surface area (Å²) < 4.78 is 29.5. The minimum absolute atomic E-state index is 0.00750. The third kappa shape index (κ3) is 3.20. The standard InChI is InChI=1S/C8H17NO4S/c1-2-13-5-6-14(11,12)9-4-3-8(10)7-9/h8,10H,2-7H2,1H3/t8-/m1/s1. The third-order valence-electron chi connectivity index (χ3n) is 2.21. The maximum Gasteiger partial charge on any atom is 0.216 e. The number of aliphatic hydroxyl groups is 1. The maximum atomic E-state index is 11.6. The van der Waals surface area contributed by atoms with Crippen LogP contribution in [-0.2, 0) is 14.8 Å². The highest BCUT2D eigenvalue weighted by atomic mass is 32.2. The summed E-state index contributed by atoms with van der Waals surface area (Å²) in [5, 5.41) is 9.20. The monoisotopic (exact) mass is 223 g/mol. The summed E-state index contributed by atoms with van der Waals surface area (Å²) in [5.41, 5.74) is 0. The van der Waals surface area contributed by atoms with Crippen LogP contribution in [0.25, 0.3) is 0 Å². The van der Waals surface area contributed by atoms with Gasteiger partial charge >= 0.3 is 0 Å². The predicted molar refractivity (Wildman–Crippen MR) is 52.5 cm³/mol. The average molecular weight is 223 g/mol. The molecule has 0 spiro atoms. The van der Waals surface area contributed by atoms with Crippen LogP contribution in [0.4, 0.5) is 0 Å². The second-order valence-corrected chi connectivity index (χ2v) is 5.40. The van der Waals surface area contributed by atoms with Gasteiger partial charge in [-0.25, -0.2) is 8.42 Å². The van der Waals surface area contributed by atoms with Gasteiger partial charge in [0.2, 0.25) is 10.0 Å². The van der Waals surface area contributed by atoms with Crippen LogP contribution in [0.2, 0.25) is 0 Å². The lowest BCUT2D eigenvalue weighted by atomic mass is 10.3. The van der Waals surface area contributed by atoms with Gasteiger partial charge in [0.25, 0.3) is 0 Å². The van der Waals surface area contributed by atoms with Gasteiger partial charge in [-0.1, -0.05) is 0 Å². The summed E-state index contributed by atoms with van der Waals surface area (Å²) in [6.45, 7) is 3.24. The molecule has 6 heteroatoms. The molecule has 1 aliphatic rings. The zero-order valence-corrected chi connectivity index (χ0v) is 9.16. The van der Waals surface area contributed by atoms with Gasteiger partial charge in [-0.3, -0.25) is 0 Å². The minimum Gasteiger partial charge on any atom is -0.392 e. The number of ether oxygens (including phenoxy) is 1. The van der Waals surface area contributed by atoms with E-state index in [9.17, 15) is 13.5 Å². The summed E-state index contributed by atoms with van der Waals surface area (Å²) in [5.74, 6) is 0.00750. The third-order valence-corrected chi connectivity index (χ3v) is 4.01. The average Bonchev–Trinajstić information content (AvgIpc) is 2.53. The molecule has 1 aliphatic heterocycles. The number of nitrogens with zero attached hydrogens (tertiary/aromatic N) is 1. The molecular formula is C8H17NO4S. The van der Waals surface area contributed by atoms with E-state index in [-0.39, 0.29) is 18.9 Å². The zero-order chi connectivity index (χ0) is 10.6. The summed E-state index contributed by atoms with van der Waals surface area (Å²) in [7, 11) is -3.22. The first-order chi connectivity index (χ1) is 6.56. The van der Waals surface area contributed by atoms with Crippen molar-refractivity contribution in [3.8, 4) is 0 Å².